The number of rotatable bonds is 6. The zero-order valence-electron chi connectivity index (χ0n) is 11.7. The number of aryl methyl sites for hydroxylation is 2. The molecule has 0 atom stereocenters. The number of nitrogens with zero attached hydrogens (tertiary/aromatic N) is 1. The van der Waals surface area contributed by atoms with E-state index in [0.717, 1.165) is 23.6 Å². The number of hydrogen-bond acceptors (Lipinski definition) is 4. The van der Waals surface area contributed by atoms with Gasteiger partial charge in [-0.3, -0.25) is 4.79 Å². The van der Waals surface area contributed by atoms with Crippen molar-refractivity contribution in [3.63, 3.8) is 0 Å². The van der Waals surface area contributed by atoms with Crippen LogP contribution in [0.5, 0.6) is 5.75 Å². The first-order valence-corrected chi connectivity index (χ1v) is 7.52. The second-order valence-electron chi connectivity index (χ2n) is 4.56. The van der Waals surface area contributed by atoms with Crippen molar-refractivity contribution in [2.24, 2.45) is 0 Å². The molecular formula is C15H18N2O2S. The summed E-state index contributed by atoms with van der Waals surface area (Å²) < 4.78 is 5.64. The number of aromatic amines is 1. The molecule has 0 fully saturated rings. The van der Waals surface area contributed by atoms with Gasteiger partial charge in [0, 0.05) is 17.5 Å². The number of thioether (sulfide) groups is 1. The third kappa shape index (κ3) is 4.74. The maximum absolute atomic E-state index is 11.3. The predicted octanol–water partition coefficient (Wildman–Crippen LogP) is 2.95. The summed E-state index contributed by atoms with van der Waals surface area (Å²) in [7, 11) is 0. The summed E-state index contributed by atoms with van der Waals surface area (Å²) in [5.41, 5.74) is 1.87. The van der Waals surface area contributed by atoms with Crippen molar-refractivity contribution in [1.29, 1.82) is 0 Å². The summed E-state index contributed by atoms with van der Waals surface area (Å²) in [6.07, 6.45) is 0.899. The van der Waals surface area contributed by atoms with E-state index in [1.165, 1.54) is 23.4 Å². The van der Waals surface area contributed by atoms with Crippen molar-refractivity contribution in [1.82, 2.24) is 9.97 Å². The Morgan fingerprint density at radius 3 is 2.70 bits per heavy atom. The van der Waals surface area contributed by atoms with Crippen LogP contribution in [0.2, 0.25) is 0 Å². The van der Waals surface area contributed by atoms with Crippen LogP contribution in [-0.2, 0) is 0 Å². The molecule has 1 aromatic heterocycles. The van der Waals surface area contributed by atoms with E-state index >= 15 is 0 Å². The van der Waals surface area contributed by atoms with Crippen LogP contribution in [0.3, 0.4) is 0 Å². The van der Waals surface area contributed by atoms with Crippen LogP contribution in [0.1, 0.15) is 17.7 Å². The molecule has 20 heavy (non-hydrogen) atoms. The molecule has 0 aliphatic heterocycles. The molecule has 0 aliphatic carbocycles. The van der Waals surface area contributed by atoms with Crippen LogP contribution in [0.4, 0.5) is 0 Å². The highest BCUT2D eigenvalue weighted by atomic mass is 32.2. The molecule has 0 unspecified atom stereocenters. The van der Waals surface area contributed by atoms with Crippen molar-refractivity contribution in [3.05, 3.63) is 51.9 Å². The van der Waals surface area contributed by atoms with Gasteiger partial charge in [-0.05, 0) is 32.4 Å². The summed E-state index contributed by atoms with van der Waals surface area (Å²) in [5.74, 6) is 1.75. The van der Waals surface area contributed by atoms with E-state index in [1.54, 1.807) is 0 Å². The van der Waals surface area contributed by atoms with Gasteiger partial charge < -0.3 is 9.72 Å². The quantitative estimate of drug-likeness (QED) is 0.505. The van der Waals surface area contributed by atoms with Crippen LogP contribution in [0.15, 0.2) is 40.3 Å². The molecule has 5 heteroatoms. The Hall–Kier alpha value is -1.75. The summed E-state index contributed by atoms with van der Waals surface area (Å²) in [5, 5.41) is 0.672. The molecule has 0 saturated heterocycles. The maximum Gasteiger partial charge on any atom is 0.251 e. The molecule has 2 rings (SSSR count). The van der Waals surface area contributed by atoms with E-state index < -0.39 is 0 Å². The fourth-order valence-electron chi connectivity index (χ4n) is 1.67. The van der Waals surface area contributed by atoms with Crippen LogP contribution >= 0.6 is 11.8 Å². The first-order valence-electron chi connectivity index (χ1n) is 6.54. The third-order valence-corrected chi connectivity index (χ3v) is 3.62. The van der Waals surface area contributed by atoms with Gasteiger partial charge in [-0.15, -0.1) is 0 Å². The first kappa shape index (κ1) is 14.7. The fraction of sp³-hybridized carbons (Fsp3) is 0.333. The number of aromatic nitrogens is 2. The molecular weight excluding hydrogens is 272 g/mol. The molecule has 0 amide bonds. The van der Waals surface area contributed by atoms with Crippen molar-refractivity contribution < 1.29 is 4.74 Å². The standard InChI is InChI=1S/C15H18N2O2S/c1-11-4-6-13(7-5-11)19-8-3-9-20-15-16-12(2)10-14(18)17-15/h4-7,10H,3,8-9H2,1-2H3,(H,16,17,18). The average Bonchev–Trinajstić information content (AvgIpc) is 2.39. The van der Waals surface area contributed by atoms with E-state index in [2.05, 4.69) is 16.9 Å². The van der Waals surface area contributed by atoms with Gasteiger partial charge >= 0.3 is 0 Å². The minimum atomic E-state index is -0.101. The average molecular weight is 290 g/mol. The van der Waals surface area contributed by atoms with Gasteiger partial charge in [-0.2, -0.15) is 0 Å². The van der Waals surface area contributed by atoms with Crippen molar-refractivity contribution >= 4 is 11.8 Å². The number of ether oxygens (including phenoxy) is 1. The summed E-state index contributed by atoms with van der Waals surface area (Å²) in [6, 6.07) is 9.51. The van der Waals surface area contributed by atoms with E-state index in [1.807, 2.05) is 31.2 Å². The van der Waals surface area contributed by atoms with Crippen LogP contribution in [-0.4, -0.2) is 22.3 Å². The van der Waals surface area contributed by atoms with Gasteiger partial charge in [0.2, 0.25) is 0 Å². The minimum absolute atomic E-state index is 0.101. The Bertz CT molecular complexity index is 608. The van der Waals surface area contributed by atoms with Crippen molar-refractivity contribution in [3.8, 4) is 5.75 Å². The second kappa shape index (κ2) is 7.14. The lowest BCUT2D eigenvalue weighted by Crippen LogP contribution is -2.08. The fourth-order valence-corrected chi connectivity index (χ4v) is 2.51. The molecule has 4 nitrogen and oxygen atoms in total. The number of hydrogen-bond donors (Lipinski definition) is 1. The van der Waals surface area contributed by atoms with Gasteiger partial charge in [0.05, 0.1) is 6.61 Å². The Balaban J connectivity index is 1.71. The highest BCUT2D eigenvalue weighted by Crippen LogP contribution is 2.14. The maximum atomic E-state index is 11.3. The highest BCUT2D eigenvalue weighted by molar-refractivity contribution is 7.99. The highest BCUT2D eigenvalue weighted by Gasteiger charge is 1.99. The first-order chi connectivity index (χ1) is 9.63. The lowest BCUT2D eigenvalue weighted by molar-refractivity contribution is 0.318. The molecule has 0 radical (unpaired) electrons. The second-order valence-corrected chi connectivity index (χ2v) is 5.64. The monoisotopic (exact) mass is 290 g/mol. The topological polar surface area (TPSA) is 55.0 Å². The van der Waals surface area contributed by atoms with E-state index in [9.17, 15) is 4.79 Å². The van der Waals surface area contributed by atoms with Crippen LogP contribution < -0.4 is 10.3 Å². The molecule has 0 saturated carbocycles. The van der Waals surface area contributed by atoms with E-state index in [-0.39, 0.29) is 5.56 Å². The SMILES string of the molecule is Cc1ccc(OCCCSc2nc(C)cc(=O)[nH]2)cc1. The van der Waals surface area contributed by atoms with E-state index in [0.29, 0.717) is 11.8 Å². The summed E-state index contributed by atoms with van der Waals surface area (Å²) >= 11 is 1.54. The molecule has 106 valence electrons. The van der Waals surface area contributed by atoms with Gasteiger partial charge in [-0.1, -0.05) is 29.5 Å². The van der Waals surface area contributed by atoms with Gasteiger partial charge in [0.25, 0.3) is 5.56 Å². The van der Waals surface area contributed by atoms with Crippen LogP contribution in [0.25, 0.3) is 0 Å². The normalized spacial score (nSPS) is 10.5. The number of H-pyrrole nitrogens is 1. The number of nitrogens with one attached hydrogen (secondary N) is 1. The zero-order chi connectivity index (χ0) is 14.4. The minimum Gasteiger partial charge on any atom is -0.494 e. The largest absolute Gasteiger partial charge is 0.494 e. The molecule has 1 aromatic carbocycles. The van der Waals surface area contributed by atoms with Crippen molar-refractivity contribution in [2.45, 2.75) is 25.4 Å². The Morgan fingerprint density at radius 2 is 2.00 bits per heavy atom. The third-order valence-electron chi connectivity index (χ3n) is 2.67. The molecule has 1 heterocycles. The predicted molar refractivity (Wildman–Crippen MR) is 81.6 cm³/mol. The van der Waals surface area contributed by atoms with Gasteiger partial charge in [-0.25, -0.2) is 4.98 Å². The molecule has 0 spiro atoms. The van der Waals surface area contributed by atoms with Gasteiger partial charge in [0.1, 0.15) is 5.75 Å². The smallest absolute Gasteiger partial charge is 0.251 e. The van der Waals surface area contributed by atoms with Gasteiger partial charge in [0.15, 0.2) is 5.16 Å². The lowest BCUT2D eigenvalue weighted by atomic mass is 10.2. The Kier molecular flexibility index (Phi) is 5.24. The molecule has 0 bridgehead atoms. The summed E-state index contributed by atoms with van der Waals surface area (Å²) in [4.78, 5) is 18.3. The number of benzene rings is 1. The Labute approximate surface area is 122 Å². The van der Waals surface area contributed by atoms with Crippen LogP contribution in [0, 0.1) is 13.8 Å². The molecule has 0 aliphatic rings. The Morgan fingerprint density at radius 1 is 1.25 bits per heavy atom. The summed E-state index contributed by atoms with van der Waals surface area (Å²) in [6.45, 7) is 4.53. The molecule has 1 N–H and O–H groups in total. The lowest BCUT2D eigenvalue weighted by Gasteiger charge is -2.06. The molecule has 2 aromatic rings. The zero-order valence-corrected chi connectivity index (χ0v) is 12.5. The van der Waals surface area contributed by atoms with E-state index in [4.69, 9.17) is 4.74 Å². The van der Waals surface area contributed by atoms with Crippen molar-refractivity contribution in [2.75, 3.05) is 12.4 Å².